The fraction of sp³-hybridized carbons (Fsp3) is 0.389. The van der Waals surface area contributed by atoms with Gasteiger partial charge in [0.15, 0.2) is 5.78 Å². The number of halogens is 1. The quantitative estimate of drug-likeness (QED) is 0.775. The van der Waals surface area contributed by atoms with Crippen LogP contribution in [-0.4, -0.2) is 18.0 Å². The van der Waals surface area contributed by atoms with Gasteiger partial charge in [-0.15, -0.1) is 0 Å². The summed E-state index contributed by atoms with van der Waals surface area (Å²) in [4.78, 5) is 12.9. The molecule has 2 heterocycles. The molecule has 0 radical (unpaired) electrons. The molecule has 2 saturated heterocycles. The molecule has 2 atom stereocenters. The Balaban J connectivity index is 1.73. The van der Waals surface area contributed by atoms with E-state index in [0.717, 1.165) is 31.1 Å². The molecule has 2 unspecified atom stereocenters. The van der Waals surface area contributed by atoms with Crippen molar-refractivity contribution in [1.82, 2.24) is 0 Å². The van der Waals surface area contributed by atoms with Gasteiger partial charge in [-0.2, -0.15) is 0 Å². The van der Waals surface area contributed by atoms with E-state index < -0.39 is 0 Å². The maximum absolute atomic E-state index is 13.9. The molecule has 0 saturated carbocycles. The van der Waals surface area contributed by atoms with Crippen LogP contribution in [0.1, 0.15) is 36.0 Å². The van der Waals surface area contributed by atoms with Gasteiger partial charge in [-0.25, -0.2) is 4.39 Å². The van der Waals surface area contributed by atoms with Gasteiger partial charge in [-0.05, 0) is 43.2 Å². The average molecular weight is 284 g/mol. The van der Waals surface area contributed by atoms with E-state index in [4.69, 9.17) is 4.74 Å². The molecule has 0 aliphatic carbocycles. The third kappa shape index (κ3) is 2.16. The van der Waals surface area contributed by atoms with Crippen LogP contribution in [-0.2, 0) is 4.74 Å². The second-order valence-corrected chi connectivity index (χ2v) is 6.13. The van der Waals surface area contributed by atoms with Crippen LogP contribution in [0.5, 0.6) is 0 Å². The minimum atomic E-state index is -0.269. The van der Waals surface area contributed by atoms with Crippen LogP contribution in [0.3, 0.4) is 0 Å². The molecule has 2 aromatic carbocycles. The molecular formula is C18H17FO2. The number of benzene rings is 2. The largest absolute Gasteiger partial charge is 0.375 e. The van der Waals surface area contributed by atoms with Crippen molar-refractivity contribution in [3.05, 3.63) is 47.8 Å². The third-order valence-electron chi connectivity index (χ3n) is 4.80. The number of hydrogen-bond donors (Lipinski definition) is 0. The first-order chi connectivity index (χ1) is 10.2. The topological polar surface area (TPSA) is 26.3 Å². The van der Waals surface area contributed by atoms with Crippen molar-refractivity contribution in [3.63, 3.8) is 0 Å². The fourth-order valence-corrected chi connectivity index (χ4v) is 3.77. The predicted octanol–water partition coefficient (Wildman–Crippen LogP) is 4.12. The lowest BCUT2D eigenvalue weighted by molar-refractivity contribution is -0.0148. The Hall–Kier alpha value is -1.74. The maximum Gasteiger partial charge on any atom is 0.166 e. The maximum atomic E-state index is 13.9. The summed E-state index contributed by atoms with van der Waals surface area (Å²) in [6, 6.07) is 10.3. The van der Waals surface area contributed by atoms with E-state index in [-0.39, 0.29) is 29.7 Å². The summed E-state index contributed by atoms with van der Waals surface area (Å²) in [6.07, 6.45) is 4.23. The predicted molar refractivity (Wildman–Crippen MR) is 78.9 cm³/mol. The van der Waals surface area contributed by atoms with E-state index in [1.807, 2.05) is 12.1 Å². The summed E-state index contributed by atoms with van der Waals surface area (Å²) in [6.45, 7) is 0. The third-order valence-corrected chi connectivity index (χ3v) is 4.80. The molecule has 2 bridgehead atoms. The molecule has 108 valence electrons. The van der Waals surface area contributed by atoms with Crippen LogP contribution >= 0.6 is 0 Å². The molecule has 3 heteroatoms. The molecule has 2 aliphatic heterocycles. The number of carbonyl (C=O) groups is 1. The molecule has 0 aromatic heterocycles. The summed E-state index contributed by atoms with van der Waals surface area (Å²) >= 11 is 0. The average Bonchev–Trinajstić information content (AvgIpc) is 2.85. The van der Waals surface area contributed by atoms with Crippen molar-refractivity contribution in [2.24, 2.45) is 5.92 Å². The number of Topliss-reactive ketones (excluding diaryl/α,β-unsaturated/α-hetero) is 1. The van der Waals surface area contributed by atoms with Gasteiger partial charge < -0.3 is 4.74 Å². The van der Waals surface area contributed by atoms with E-state index in [1.54, 1.807) is 18.2 Å². The van der Waals surface area contributed by atoms with Gasteiger partial charge >= 0.3 is 0 Å². The zero-order chi connectivity index (χ0) is 14.4. The Morgan fingerprint density at radius 3 is 2.38 bits per heavy atom. The van der Waals surface area contributed by atoms with Crippen molar-refractivity contribution in [2.75, 3.05) is 0 Å². The number of ether oxygens (including phenoxy) is 1. The van der Waals surface area contributed by atoms with Crippen molar-refractivity contribution in [1.29, 1.82) is 0 Å². The lowest BCUT2D eigenvalue weighted by atomic mass is 9.86. The van der Waals surface area contributed by atoms with Crippen LogP contribution in [0.25, 0.3) is 10.8 Å². The smallest absolute Gasteiger partial charge is 0.166 e. The number of carbonyl (C=O) groups excluding carboxylic acids is 1. The van der Waals surface area contributed by atoms with Gasteiger partial charge in [0, 0.05) is 16.9 Å². The van der Waals surface area contributed by atoms with Gasteiger partial charge in [0.1, 0.15) is 5.82 Å². The molecule has 2 nitrogen and oxygen atoms in total. The summed E-state index contributed by atoms with van der Waals surface area (Å²) < 4.78 is 19.7. The van der Waals surface area contributed by atoms with E-state index in [1.165, 1.54) is 6.07 Å². The normalized spacial score (nSPS) is 28.0. The summed E-state index contributed by atoms with van der Waals surface area (Å²) in [5.41, 5.74) is 0.651. The summed E-state index contributed by atoms with van der Waals surface area (Å²) in [7, 11) is 0. The molecular weight excluding hydrogens is 267 g/mol. The van der Waals surface area contributed by atoms with Crippen molar-refractivity contribution in [2.45, 2.75) is 37.9 Å². The number of rotatable bonds is 2. The van der Waals surface area contributed by atoms with E-state index >= 15 is 0 Å². The molecule has 0 amide bonds. The molecule has 2 aromatic rings. The monoisotopic (exact) mass is 284 g/mol. The van der Waals surface area contributed by atoms with Gasteiger partial charge in [-0.1, -0.05) is 24.3 Å². The standard InChI is InChI=1S/C18H17FO2/c19-17-8-7-16(14-3-1-2-4-15(14)17)18(20)11-9-12-5-6-13(10-11)21-12/h1-4,7-8,11-13H,5-6,9-10H2. The Morgan fingerprint density at radius 1 is 1.00 bits per heavy atom. The van der Waals surface area contributed by atoms with Gasteiger partial charge in [0.25, 0.3) is 0 Å². The van der Waals surface area contributed by atoms with Crippen LogP contribution in [0.15, 0.2) is 36.4 Å². The van der Waals surface area contributed by atoms with E-state index in [2.05, 4.69) is 0 Å². The Bertz CT molecular complexity index is 697. The van der Waals surface area contributed by atoms with Crippen molar-refractivity contribution >= 4 is 16.6 Å². The molecule has 0 spiro atoms. The van der Waals surface area contributed by atoms with Crippen LogP contribution in [0.2, 0.25) is 0 Å². The first-order valence-corrected chi connectivity index (χ1v) is 7.59. The highest BCUT2D eigenvalue weighted by Crippen LogP contribution is 2.38. The molecule has 21 heavy (non-hydrogen) atoms. The minimum absolute atomic E-state index is 0.0186. The first-order valence-electron chi connectivity index (χ1n) is 7.59. The van der Waals surface area contributed by atoms with E-state index in [9.17, 15) is 9.18 Å². The van der Waals surface area contributed by atoms with Crippen molar-refractivity contribution < 1.29 is 13.9 Å². The number of fused-ring (bicyclic) bond motifs is 3. The van der Waals surface area contributed by atoms with E-state index in [0.29, 0.717) is 10.9 Å². The molecule has 2 aliphatic rings. The Kier molecular flexibility index (Phi) is 3.03. The lowest BCUT2D eigenvalue weighted by Crippen LogP contribution is -2.30. The highest BCUT2D eigenvalue weighted by molar-refractivity contribution is 6.09. The Labute approximate surface area is 122 Å². The van der Waals surface area contributed by atoms with Gasteiger partial charge in [-0.3, -0.25) is 4.79 Å². The first kappa shape index (κ1) is 13.0. The molecule has 4 rings (SSSR count). The minimum Gasteiger partial charge on any atom is -0.375 e. The molecule has 2 fully saturated rings. The molecule has 0 N–H and O–H groups in total. The summed E-state index contributed by atoms with van der Waals surface area (Å²) in [5, 5.41) is 1.25. The number of hydrogen-bond acceptors (Lipinski definition) is 2. The fourth-order valence-electron chi connectivity index (χ4n) is 3.77. The zero-order valence-corrected chi connectivity index (χ0v) is 11.7. The highest BCUT2D eigenvalue weighted by atomic mass is 19.1. The Morgan fingerprint density at radius 2 is 1.67 bits per heavy atom. The second kappa shape index (κ2) is 4.92. The van der Waals surface area contributed by atoms with Gasteiger partial charge in [0.05, 0.1) is 12.2 Å². The van der Waals surface area contributed by atoms with Crippen LogP contribution < -0.4 is 0 Å². The van der Waals surface area contributed by atoms with Gasteiger partial charge in [0.2, 0.25) is 0 Å². The second-order valence-electron chi connectivity index (χ2n) is 6.13. The van der Waals surface area contributed by atoms with Crippen molar-refractivity contribution in [3.8, 4) is 0 Å². The zero-order valence-electron chi connectivity index (χ0n) is 11.7. The SMILES string of the molecule is O=C(c1ccc(F)c2ccccc12)C1CC2CCC(C1)O2. The summed E-state index contributed by atoms with van der Waals surface area (Å²) in [5.74, 6) is -0.106. The van der Waals surface area contributed by atoms with Crippen LogP contribution in [0, 0.1) is 11.7 Å². The lowest BCUT2D eigenvalue weighted by Gasteiger charge is -2.27. The highest BCUT2D eigenvalue weighted by Gasteiger charge is 2.38. The number of ketones is 1. The van der Waals surface area contributed by atoms with Crippen LogP contribution in [0.4, 0.5) is 4.39 Å².